The zero-order valence-corrected chi connectivity index (χ0v) is 19.8. The molecule has 3 atom stereocenters. The molecule has 1 saturated carbocycles. The molecule has 2 aromatic carbocycles. The van der Waals surface area contributed by atoms with Gasteiger partial charge in [0.25, 0.3) is 0 Å². The Kier molecular flexibility index (Phi) is 6.25. The molecule has 0 bridgehead atoms. The van der Waals surface area contributed by atoms with Crippen LogP contribution in [0.1, 0.15) is 43.2 Å². The van der Waals surface area contributed by atoms with Crippen LogP contribution in [0.4, 0.5) is 4.79 Å². The van der Waals surface area contributed by atoms with E-state index in [-0.39, 0.29) is 23.8 Å². The second kappa shape index (κ2) is 9.33. The standard InChI is InChI=1S/C26H28N2O5S/c1-15-28(23(14-34-15)25(30)31)24(29)22(12-16-10-11-16)27-26(32)33-13-21-19-8-4-2-6-17(19)18-7-3-5-9-20(18)21/h2-9,15-16,21-23H,10-14H2,1H3,(H,27,32)(H,30,31)/t15?,22-,23?/m0/s1. The number of nitrogens with zero attached hydrogens (tertiary/aromatic N) is 1. The Morgan fingerprint density at radius 2 is 1.71 bits per heavy atom. The van der Waals surface area contributed by atoms with E-state index in [1.165, 1.54) is 16.7 Å². The summed E-state index contributed by atoms with van der Waals surface area (Å²) >= 11 is 1.44. The highest BCUT2D eigenvalue weighted by Crippen LogP contribution is 2.44. The summed E-state index contributed by atoms with van der Waals surface area (Å²) in [5.74, 6) is -0.704. The van der Waals surface area contributed by atoms with Crippen LogP contribution in [-0.4, -0.2) is 57.8 Å². The number of amides is 2. The lowest BCUT2D eigenvalue weighted by Gasteiger charge is -2.29. The fourth-order valence-corrected chi connectivity index (χ4v) is 6.21. The molecule has 178 valence electrons. The number of carboxylic acids is 1. The largest absolute Gasteiger partial charge is 0.480 e. The van der Waals surface area contributed by atoms with Gasteiger partial charge in [0.05, 0.1) is 5.37 Å². The smallest absolute Gasteiger partial charge is 0.407 e. The molecular formula is C26H28N2O5S. The summed E-state index contributed by atoms with van der Waals surface area (Å²) in [6, 6.07) is 14.6. The van der Waals surface area contributed by atoms with E-state index >= 15 is 0 Å². The molecule has 1 saturated heterocycles. The first-order chi connectivity index (χ1) is 16.4. The third-order valence-electron chi connectivity index (χ3n) is 6.96. The van der Waals surface area contributed by atoms with Crippen LogP contribution in [0.25, 0.3) is 11.1 Å². The van der Waals surface area contributed by atoms with Crippen molar-refractivity contribution in [2.75, 3.05) is 12.4 Å². The van der Waals surface area contributed by atoms with Crippen molar-refractivity contribution in [1.82, 2.24) is 10.2 Å². The number of alkyl carbamates (subject to hydrolysis) is 1. The topological polar surface area (TPSA) is 95.9 Å². The lowest BCUT2D eigenvalue weighted by molar-refractivity contribution is -0.149. The first kappa shape index (κ1) is 22.8. The fourth-order valence-electron chi connectivity index (χ4n) is 5.04. The highest BCUT2D eigenvalue weighted by atomic mass is 32.2. The lowest BCUT2D eigenvalue weighted by atomic mass is 9.98. The molecule has 7 nitrogen and oxygen atoms in total. The average Bonchev–Trinajstić information content (AvgIpc) is 3.48. The first-order valence-corrected chi connectivity index (χ1v) is 12.8. The molecule has 2 amide bonds. The molecular weight excluding hydrogens is 452 g/mol. The van der Waals surface area contributed by atoms with Crippen LogP contribution in [0.5, 0.6) is 0 Å². The van der Waals surface area contributed by atoms with Crippen LogP contribution in [0, 0.1) is 5.92 Å². The number of ether oxygens (including phenoxy) is 1. The number of carbonyl (C=O) groups is 3. The summed E-state index contributed by atoms with van der Waals surface area (Å²) in [6.07, 6.45) is 1.89. The Bertz CT molecular complexity index is 1070. The van der Waals surface area contributed by atoms with Gasteiger partial charge in [0, 0.05) is 11.7 Å². The molecule has 3 aliphatic rings. The van der Waals surface area contributed by atoms with Gasteiger partial charge in [0.15, 0.2) is 0 Å². The van der Waals surface area contributed by atoms with Crippen LogP contribution < -0.4 is 5.32 Å². The molecule has 1 aliphatic heterocycles. The van der Waals surface area contributed by atoms with Gasteiger partial charge in [-0.15, -0.1) is 11.8 Å². The molecule has 0 aromatic heterocycles. The second-order valence-corrected chi connectivity index (χ2v) is 10.6. The van der Waals surface area contributed by atoms with Crippen LogP contribution in [-0.2, 0) is 14.3 Å². The van der Waals surface area contributed by atoms with E-state index in [0.717, 1.165) is 35.1 Å². The van der Waals surface area contributed by atoms with Crippen LogP contribution in [0.3, 0.4) is 0 Å². The van der Waals surface area contributed by atoms with Crippen molar-refractivity contribution in [1.29, 1.82) is 0 Å². The van der Waals surface area contributed by atoms with Gasteiger partial charge < -0.3 is 20.1 Å². The Hall–Kier alpha value is -3.00. The minimum atomic E-state index is -1.02. The van der Waals surface area contributed by atoms with E-state index in [4.69, 9.17) is 4.74 Å². The molecule has 8 heteroatoms. The van der Waals surface area contributed by atoms with E-state index in [9.17, 15) is 19.5 Å². The maximum Gasteiger partial charge on any atom is 0.407 e. The molecule has 34 heavy (non-hydrogen) atoms. The normalized spacial score (nSPS) is 22.1. The van der Waals surface area contributed by atoms with E-state index in [1.807, 2.05) is 31.2 Å². The maximum absolute atomic E-state index is 13.3. The van der Waals surface area contributed by atoms with E-state index in [0.29, 0.717) is 18.1 Å². The summed E-state index contributed by atoms with van der Waals surface area (Å²) in [5.41, 5.74) is 4.53. The quantitative estimate of drug-likeness (QED) is 0.620. The van der Waals surface area contributed by atoms with Crippen LogP contribution in [0.2, 0.25) is 0 Å². The minimum Gasteiger partial charge on any atom is -0.480 e. The SMILES string of the molecule is CC1SCC(C(=O)O)N1C(=O)[C@H](CC1CC1)NC(=O)OCC1c2ccccc2-c2ccccc21. The van der Waals surface area contributed by atoms with E-state index in [1.54, 1.807) is 0 Å². The number of fused-ring (bicyclic) bond motifs is 3. The second-order valence-electron chi connectivity index (χ2n) is 9.23. The Labute approximate surface area is 202 Å². The lowest BCUT2D eigenvalue weighted by Crippen LogP contribution is -2.54. The third kappa shape index (κ3) is 4.39. The monoisotopic (exact) mass is 480 g/mol. The number of hydrogen-bond acceptors (Lipinski definition) is 5. The number of carboxylic acid groups (broad SMARTS) is 1. The molecule has 2 N–H and O–H groups in total. The van der Waals surface area contributed by atoms with Gasteiger partial charge in [-0.1, -0.05) is 61.4 Å². The number of nitrogens with one attached hydrogen (secondary N) is 1. The van der Waals surface area contributed by atoms with Gasteiger partial charge in [-0.2, -0.15) is 0 Å². The first-order valence-electron chi connectivity index (χ1n) is 11.7. The number of benzene rings is 2. The molecule has 2 unspecified atom stereocenters. The number of hydrogen-bond donors (Lipinski definition) is 2. The van der Waals surface area contributed by atoms with Crippen molar-refractivity contribution < 1.29 is 24.2 Å². The average molecular weight is 481 g/mol. The van der Waals surface area contributed by atoms with Crippen molar-refractivity contribution >= 4 is 29.7 Å². The van der Waals surface area contributed by atoms with Crippen molar-refractivity contribution in [3.8, 4) is 11.1 Å². The van der Waals surface area contributed by atoms with Gasteiger partial charge in [-0.05, 0) is 41.5 Å². The highest BCUT2D eigenvalue weighted by Gasteiger charge is 2.43. The zero-order chi connectivity index (χ0) is 23.8. The predicted octanol–water partition coefficient (Wildman–Crippen LogP) is 4.07. The van der Waals surface area contributed by atoms with Gasteiger partial charge in [-0.25, -0.2) is 9.59 Å². The van der Waals surface area contributed by atoms with Gasteiger partial charge in [0.2, 0.25) is 5.91 Å². The Balaban J connectivity index is 1.28. The van der Waals surface area contributed by atoms with Crippen molar-refractivity contribution in [3.05, 3.63) is 59.7 Å². The molecule has 2 aromatic rings. The molecule has 2 aliphatic carbocycles. The molecule has 0 spiro atoms. The van der Waals surface area contributed by atoms with Crippen LogP contribution >= 0.6 is 11.8 Å². The van der Waals surface area contributed by atoms with Gasteiger partial charge in [-0.3, -0.25) is 4.79 Å². The number of rotatable bonds is 7. The molecule has 0 radical (unpaired) electrons. The van der Waals surface area contributed by atoms with Gasteiger partial charge in [0.1, 0.15) is 18.7 Å². The van der Waals surface area contributed by atoms with Crippen molar-refractivity contribution in [3.63, 3.8) is 0 Å². The summed E-state index contributed by atoms with van der Waals surface area (Å²) in [4.78, 5) is 39.2. The Morgan fingerprint density at radius 1 is 1.09 bits per heavy atom. The number of thioether (sulfide) groups is 1. The van der Waals surface area contributed by atoms with E-state index in [2.05, 4.69) is 29.6 Å². The zero-order valence-electron chi connectivity index (χ0n) is 19.0. The summed E-state index contributed by atoms with van der Waals surface area (Å²) in [5, 5.41) is 12.1. The Morgan fingerprint density at radius 3 is 2.29 bits per heavy atom. The van der Waals surface area contributed by atoms with Gasteiger partial charge >= 0.3 is 12.1 Å². The minimum absolute atomic E-state index is 0.0675. The van der Waals surface area contributed by atoms with Crippen LogP contribution in [0.15, 0.2) is 48.5 Å². The van der Waals surface area contributed by atoms with Crippen molar-refractivity contribution in [2.24, 2.45) is 5.92 Å². The maximum atomic E-state index is 13.3. The highest BCUT2D eigenvalue weighted by molar-refractivity contribution is 8.00. The predicted molar refractivity (Wildman–Crippen MR) is 130 cm³/mol. The third-order valence-corrected chi connectivity index (χ3v) is 8.18. The molecule has 1 heterocycles. The molecule has 2 fully saturated rings. The van der Waals surface area contributed by atoms with Crippen molar-refractivity contribution in [2.45, 2.75) is 49.6 Å². The number of aliphatic carboxylic acids is 1. The summed E-state index contributed by atoms with van der Waals surface area (Å²) in [6.45, 7) is 1.99. The fraction of sp³-hybridized carbons (Fsp3) is 0.423. The number of carbonyl (C=O) groups excluding carboxylic acids is 2. The van der Waals surface area contributed by atoms with E-state index < -0.39 is 24.1 Å². The summed E-state index contributed by atoms with van der Waals surface area (Å²) < 4.78 is 5.64. The summed E-state index contributed by atoms with van der Waals surface area (Å²) in [7, 11) is 0. The molecule has 5 rings (SSSR count).